The van der Waals surface area contributed by atoms with Gasteiger partial charge in [-0.25, -0.2) is 0 Å². The van der Waals surface area contributed by atoms with Crippen molar-refractivity contribution >= 4 is 27.1 Å². The summed E-state index contributed by atoms with van der Waals surface area (Å²) >= 11 is 0. The van der Waals surface area contributed by atoms with Gasteiger partial charge >= 0.3 is 29.6 Å². The Morgan fingerprint density at radius 1 is 1.75 bits per heavy atom. The Hall–Kier alpha value is 1.13. The molecule has 0 saturated heterocycles. The summed E-state index contributed by atoms with van der Waals surface area (Å²) in [4.78, 5) is 9.55. The molecule has 0 aromatic carbocycles. The van der Waals surface area contributed by atoms with Gasteiger partial charge in [-0.15, -0.1) is 0 Å². The van der Waals surface area contributed by atoms with Crippen LogP contribution in [0.4, 0.5) is 4.79 Å². The molecule has 0 aromatic rings. The van der Waals surface area contributed by atoms with Crippen LogP contribution in [0.25, 0.3) is 0 Å². The average Bonchev–Trinajstić information content (AvgIpc) is 1.61. The molecule has 3 nitrogen and oxygen atoms in total. The van der Waals surface area contributed by atoms with Crippen molar-refractivity contribution in [3.63, 3.8) is 0 Å². The van der Waals surface area contributed by atoms with Gasteiger partial charge in [-0.2, -0.15) is 0 Å². The van der Waals surface area contributed by atoms with Crippen LogP contribution in [0.15, 0.2) is 0 Å². The zero-order valence-electron chi connectivity index (χ0n) is 4.63. The van der Waals surface area contributed by atoms with Gasteiger partial charge in [0.25, 0.3) is 0 Å². The van der Waals surface area contributed by atoms with Crippen molar-refractivity contribution in [1.82, 2.24) is 4.72 Å². The van der Waals surface area contributed by atoms with Crippen molar-refractivity contribution in [3.05, 3.63) is 0 Å². The summed E-state index contributed by atoms with van der Waals surface area (Å²) in [6.45, 7) is 0. The molecule has 0 aliphatic heterocycles. The third kappa shape index (κ3) is 10.2. The van der Waals surface area contributed by atoms with E-state index in [0.29, 0.717) is 10.8 Å². The van der Waals surface area contributed by atoms with E-state index in [2.05, 4.69) is 4.72 Å². The predicted molar refractivity (Wildman–Crippen MR) is 29.6 cm³/mol. The number of carbonyl (C=O) groups is 1. The van der Waals surface area contributed by atoms with E-state index >= 15 is 0 Å². The number of nitrogens with one attached hydrogen (secondary N) is 1. The first-order chi connectivity index (χ1) is 3.27. The smallest absolute Gasteiger partial charge is 0.537 e. The molecule has 0 spiro atoms. The first kappa shape index (κ1) is 11.9. The molecule has 0 aliphatic carbocycles. The first-order valence-corrected chi connectivity index (χ1v) is 3.63. The van der Waals surface area contributed by atoms with Crippen LogP contribution in [0, 0.1) is 0 Å². The summed E-state index contributed by atoms with van der Waals surface area (Å²) in [6.07, 6.45) is 0. The van der Waals surface area contributed by atoms with Gasteiger partial charge < -0.3 is 9.90 Å². The van der Waals surface area contributed by atoms with E-state index in [-0.39, 0.29) is 29.6 Å². The normalized spacial score (nSPS) is 7.62. The van der Waals surface area contributed by atoms with Crippen LogP contribution < -0.4 is 39.4 Å². The second kappa shape index (κ2) is 8.13. The van der Waals surface area contributed by atoms with Gasteiger partial charge in [0, 0.05) is 0 Å². The summed E-state index contributed by atoms with van der Waals surface area (Å²) in [7, 11) is 3.30. The number of hydrogen-bond acceptors (Lipinski definition) is 5. The number of hydrogen-bond donors (Lipinski definition) is 1. The summed E-state index contributed by atoms with van der Waals surface area (Å²) < 4.78 is 2.56. The minimum absolute atomic E-state index is 0. The zero-order chi connectivity index (χ0) is 5.70. The van der Waals surface area contributed by atoms with E-state index in [1.165, 1.54) is 0 Å². The molecule has 0 amide bonds. The molecule has 8 heavy (non-hydrogen) atoms. The number of rotatable bonds is 2. The zero-order valence-corrected chi connectivity index (χ0v) is 8.27. The van der Waals surface area contributed by atoms with E-state index in [4.69, 9.17) is 0 Å². The van der Waals surface area contributed by atoms with Gasteiger partial charge in [-0.05, 0) is 28.8 Å². The van der Waals surface area contributed by atoms with Crippen LogP contribution in [0.3, 0.4) is 0 Å². The Bertz CT molecular complexity index is 71.1. The molecule has 0 aliphatic rings. The molecule has 0 bridgehead atoms. The molecule has 1 N–H and O–H groups in total. The van der Waals surface area contributed by atoms with Crippen molar-refractivity contribution in [2.24, 2.45) is 0 Å². The van der Waals surface area contributed by atoms with Crippen LogP contribution >= 0.6 is 21.8 Å². The Labute approximate surface area is 77.8 Å². The van der Waals surface area contributed by atoms with E-state index in [1.807, 2.05) is 0 Å². The second-order valence-electron chi connectivity index (χ2n) is 0.621. The third-order valence-corrected chi connectivity index (χ3v) is 1.74. The molecule has 0 fully saturated rings. The largest absolute Gasteiger partial charge is 1.00 e. The van der Waals surface area contributed by atoms with Crippen LogP contribution in [0.1, 0.15) is 0 Å². The number of carbonyl (C=O) groups excluding carboxylic acids is 1. The summed E-state index contributed by atoms with van der Waals surface area (Å²) in [5.74, 6) is 0. The fourth-order valence-corrected chi connectivity index (χ4v) is 0.681. The Balaban J connectivity index is 0. The van der Waals surface area contributed by atoms with Gasteiger partial charge in [0.05, 0.1) is 0 Å². The topological polar surface area (TPSA) is 52.2 Å². The SMILES string of the molecule is CNSSC(=O)[O-].[Na+]. The minimum atomic E-state index is -1.13. The van der Waals surface area contributed by atoms with Crippen molar-refractivity contribution < 1.29 is 39.5 Å². The Morgan fingerprint density at radius 3 is 2.38 bits per heavy atom. The molecular weight excluding hydrogens is 157 g/mol. The van der Waals surface area contributed by atoms with Crippen molar-refractivity contribution in [3.8, 4) is 0 Å². The van der Waals surface area contributed by atoms with Gasteiger partial charge in [0.2, 0.25) is 0 Å². The molecule has 0 radical (unpaired) electrons. The maximum absolute atomic E-state index is 9.55. The predicted octanol–water partition coefficient (Wildman–Crippen LogP) is -3.15. The van der Waals surface area contributed by atoms with Crippen LogP contribution in [-0.4, -0.2) is 12.3 Å². The molecule has 0 atom stereocenters. The maximum Gasteiger partial charge on any atom is 1.00 e. The van der Waals surface area contributed by atoms with Gasteiger partial charge in [0.15, 0.2) is 0 Å². The minimum Gasteiger partial charge on any atom is -0.537 e. The first-order valence-electron chi connectivity index (χ1n) is 1.48. The third-order valence-electron chi connectivity index (χ3n) is 0.193. The van der Waals surface area contributed by atoms with Crippen molar-refractivity contribution in [2.45, 2.75) is 0 Å². The standard InChI is InChI=1S/C2H5NO2S2.Na/c1-3-7-6-2(4)5;/h3H,1H3,(H,4,5);/q;+1/p-1. The van der Waals surface area contributed by atoms with Crippen molar-refractivity contribution in [2.75, 3.05) is 7.05 Å². The van der Waals surface area contributed by atoms with E-state index in [1.54, 1.807) is 7.05 Å². The summed E-state index contributed by atoms with van der Waals surface area (Å²) in [6, 6.07) is 0. The van der Waals surface area contributed by atoms with E-state index < -0.39 is 5.30 Å². The summed E-state index contributed by atoms with van der Waals surface area (Å²) in [5, 5.41) is 8.42. The van der Waals surface area contributed by atoms with Crippen LogP contribution in [0.5, 0.6) is 0 Å². The molecule has 6 heteroatoms. The molecule has 42 valence electrons. The molecule has 0 aromatic heterocycles. The Kier molecular flexibility index (Phi) is 12.1. The van der Waals surface area contributed by atoms with Gasteiger partial charge in [-0.1, -0.05) is 0 Å². The van der Waals surface area contributed by atoms with Crippen LogP contribution in [0.2, 0.25) is 0 Å². The Morgan fingerprint density at radius 2 is 2.25 bits per heavy atom. The fraction of sp³-hybridized carbons (Fsp3) is 0.500. The molecular formula is C2H4NNaO2S2. The van der Waals surface area contributed by atoms with E-state index in [9.17, 15) is 9.90 Å². The van der Waals surface area contributed by atoms with Crippen molar-refractivity contribution in [1.29, 1.82) is 0 Å². The monoisotopic (exact) mass is 161 g/mol. The molecule has 0 rings (SSSR count). The molecule has 0 heterocycles. The van der Waals surface area contributed by atoms with Gasteiger partial charge in [0.1, 0.15) is 5.30 Å². The molecule has 0 unspecified atom stereocenters. The average molecular weight is 161 g/mol. The fourth-order valence-electron chi connectivity index (χ4n) is 0.0757. The second-order valence-corrected chi connectivity index (χ2v) is 2.70. The summed E-state index contributed by atoms with van der Waals surface area (Å²) in [5.41, 5.74) is 0. The van der Waals surface area contributed by atoms with Crippen LogP contribution in [-0.2, 0) is 0 Å². The maximum atomic E-state index is 9.55. The van der Waals surface area contributed by atoms with E-state index in [0.717, 1.165) is 11.0 Å². The number of carboxylic acid groups (broad SMARTS) is 1. The quantitative estimate of drug-likeness (QED) is 0.263. The molecule has 0 saturated carbocycles. The van der Waals surface area contributed by atoms with Gasteiger partial charge in [-0.3, -0.25) is 4.72 Å².